The molecule has 1 aromatic carbocycles. The molecule has 0 bridgehead atoms. The topological polar surface area (TPSA) is 75.4 Å². The highest BCUT2D eigenvalue weighted by Gasteiger charge is 2.33. The van der Waals surface area contributed by atoms with E-state index in [0.29, 0.717) is 5.69 Å². The van der Waals surface area contributed by atoms with Gasteiger partial charge in [0.2, 0.25) is 11.8 Å². The molecule has 0 aliphatic carbocycles. The van der Waals surface area contributed by atoms with Crippen molar-refractivity contribution in [1.82, 2.24) is 5.32 Å². The first kappa shape index (κ1) is 13.7. The molecule has 1 aliphatic rings. The van der Waals surface area contributed by atoms with Crippen LogP contribution in [-0.2, 0) is 22.4 Å². The molecule has 0 radical (unpaired) electrons. The van der Waals surface area contributed by atoms with Gasteiger partial charge in [-0.05, 0) is 44.1 Å². The highest BCUT2D eigenvalue weighted by molar-refractivity contribution is 6.20. The number of hydrogen-bond donors (Lipinski definition) is 2. The Labute approximate surface area is 112 Å². The Morgan fingerprint density at radius 1 is 1.53 bits per heavy atom. The summed E-state index contributed by atoms with van der Waals surface area (Å²) in [7, 11) is 1.90. The molecular weight excluding hydrogens is 242 g/mol. The summed E-state index contributed by atoms with van der Waals surface area (Å²) >= 11 is 0. The van der Waals surface area contributed by atoms with Crippen LogP contribution < -0.4 is 16.0 Å². The van der Waals surface area contributed by atoms with E-state index in [1.54, 1.807) is 6.92 Å². The van der Waals surface area contributed by atoms with Gasteiger partial charge in [-0.1, -0.05) is 12.1 Å². The summed E-state index contributed by atoms with van der Waals surface area (Å²) in [6.07, 6.45) is 1.18. The highest BCUT2D eigenvalue weighted by atomic mass is 16.2. The third kappa shape index (κ3) is 2.67. The summed E-state index contributed by atoms with van der Waals surface area (Å²) in [6.45, 7) is 2.48. The van der Waals surface area contributed by atoms with Crippen molar-refractivity contribution in [3.8, 4) is 0 Å². The zero-order valence-corrected chi connectivity index (χ0v) is 11.3. The van der Waals surface area contributed by atoms with Crippen molar-refractivity contribution >= 4 is 17.5 Å². The quantitative estimate of drug-likeness (QED) is 0.812. The molecule has 2 rings (SSSR count). The fourth-order valence-corrected chi connectivity index (χ4v) is 2.25. The third-order valence-corrected chi connectivity index (χ3v) is 3.25. The molecule has 19 heavy (non-hydrogen) atoms. The van der Waals surface area contributed by atoms with Gasteiger partial charge in [0.15, 0.2) is 0 Å². The summed E-state index contributed by atoms with van der Waals surface area (Å²) in [5.41, 5.74) is 8.33. The molecule has 0 saturated heterocycles. The first-order valence-electron chi connectivity index (χ1n) is 6.43. The molecule has 0 spiro atoms. The Balaban J connectivity index is 2.27. The summed E-state index contributed by atoms with van der Waals surface area (Å²) in [5, 5.41) is 3.09. The number of hydrogen-bond acceptors (Lipinski definition) is 4. The third-order valence-electron chi connectivity index (χ3n) is 3.25. The van der Waals surface area contributed by atoms with E-state index in [0.717, 1.165) is 24.1 Å². The standard InChI is InChI=1S/C14H19N3O2/c1-9(15)14(19)17-12-4-3-10(5-6-16-2)7-11(12)8-13(17)18/h3-4,7,9,16H,5-6,8,15H2,1-2H3. The van der Waals surface area contributed by atoms with E-state index in [2.05, 4.69) is 5.32 Å². The predicted octanol–water partition coefficient (Wildman–Crippen LogP) is 0.211. The van der Waals surface area contributed by atoms with Crippen molar-refractivity contribution in [2.75, 3.05) is 18.5 Å². The molecule has 5 nitrogen and oxygen atoms in total. The lowest BCUT2D eigenvalue weighted by molar-refractivity contribution is -0.126. The van der Waals surface area contributed by atoms with Crippen LogP contribution in [0.2, 0.25) is 0 Å². The van der Waals surface area contributed by atoms with Crippen molar-refractivity contribution in [3.05, 3.63) is 29.3 Å². The molecule has 0 saturated carbocycles. The molecular formula is C14H19N3O2. The van der Waals surface area contributed by atoms with Crippen LogP contribution in [0.5, 0.6) is 0 Å². The Morgan fingerprint density at radius 3 is 2.89 bits per heavy atom. The average molecular weight is 261 g/mol. The molecule has 2 amide bonds. The summed E-state index contributed by atoms with van der Waals surface area (Å²) in [4.78, 5) is 25.1. The number of rotatable bonds is 4. The first-order chi connectivity index (χ1) is 9.04. The number of nitrogens with zero attached hydrogens (tertiary/aromatic N) is 1. The number of nitrogens with two attached hydrogens (primary N) is 1. The van der Waals surface area contributed by atoms with Gasteiger partial charge in [0.05, 0.1) is 18.2 Å². The van der Waals surface area contributed by atoms with Gasteiger partial charge in [0.1, 0.15) is 0 Å². The van der Waals surface area contributed by atoms with E-state index in [4.69, 9.17) is 5.73 Å². The number of likely N-dealkylation sites (N-methyl/N-ethyl adjacent to an activating group) is 1. The number of nitrogens with one attached hydrogen (secondary N) is 1. The van der Waals surface area contributed by atoms with Gasteiger partial charge in [-0.15, -0.1) is 0 Å². The van der Waals surface area contributed by atoms with E-state index in [9.17, 15) is 9.59 Å². The fourth-order valence-electron chi connectivity index (χ4n) is 2.25. The minimum Gasteiger partial charge on any atom is -0.320 e. The van der Waals surface area contributed by atoms with Gasteiger partial charge in [0.25, 0.3) is 0 Å². The summed E-state index contributed by atoms with van der Waals surface area (Å²) in [5.74, 6) is -0.533. The molecule has 5 heteroatoms. The van der Waals surface area contributed by atoms with Crippen LogP contribution in [0.4, 0.5) is 5.69 Å². The van der Waals surface area contributed by atoms with Gasteiger partial charge in [-0.25, -0.2) is 4.90 Å². The highest BCUT2D eigenvalue weighted by Crippen LogP contribution is 2.30. The fraction of sp³-hybridized carbons (Fsp3) is 0.429. The molecule has 0 aromatic heterocycles. The minimum atomic E-state index is -0.668. The Bertz CT molecular complexity index is 511. The van der Waals surface area contributed by atoms with E-state index < -0.39 is 6.04 Å². The molecule has 1 atom stereocenters. The second-order valence-corrected chi connectivity index (χ2v) is 4.85. The molecule has 0 fully saturated rings. The molecule has 102 valence electrons. The van der Waals surface area contributed by atoms with Crippen LogP contribution >= 0.6 is 0 Å². The molecule has 1 aromatic rings. The van der Waals surface area contributed by atoms with Crippen LogP contribution in [-0.4, -0.2) is 31.4 Å². The lowest BCUT2D eigenvalue weighted by atomic mass is 10.1. The normalized spacial score (nSPS) is 15.5. The maximum absolute atomic E-state index is 11.9. The molecule has 1 heterocycles. The number of benzene rings is 1. The molecule has 1 aliphatic heterocycles. The van der Waals surface area contributed by atoms with Gasteiger partial charge in [-0.3, -0.25) is 9.59 Å². The van der Waals surface area contributed by atoms with E-state index >= 15 is 0 Å². The lowest BCUT2D eigenvalue weighted by Gasteiger charge is -2.17. The Morgan fingerprint density at radius 2 is 2.26 bits per heavy atom. The smallest absolute Gasteiger partial charge is 0.250 e. The summed E-state index contributed by atoms with van der Waals surface area (Å²) < 4.78 is 0. The zero-order chi connectivity index (χ0) is 14.0. The average Bonchev–Trinajstić information content (AvgIpc) is 2.70. The van der Waals surface area contributed by atoms with Gasteiger partial charge in [-0.2, -0.15) is 0 Å². The van der Waals surface area contributed by atoms with Crippen molar-refractivity contribution in [1.29, 1.82) is 0 Å². The minimum absolute atomic E-state index is 0.192. The van der Waals surface area contributed by atoms with Crippen molar-refractivity contribution < 1.29 is 9.59 Å². The van der Waals surface area contributed by atoms with Crippen molar-refractivity contribution in [3.63, 3.8) is 0 Å². The van der Waals surface area contributed by atoms with E-state index in [-0.39, 0.29) is 18.2 Å². The second-order valence-electron chi connectivity index (χ2n) is 4.85. The Kier molecular flexibility index (Phi) is 3.97. The largest absolute Gasteiger partial charge is 0.320 e. The van der Waals surface area contributed by atoms with E-state index in [1.807, 2.05) is 25.2 Å². The SMILES string of the molecule is CNCCc1ccc2c(c1)CC(=O)N2C(=O)C(C)N. The number of carbonyl (C=O) groups excluding carboxylic acids is 2. The number of amides is 2. The zero-order valence-electron chi connectivity index (χ0n) is 11.3. The number of fused-ring (bicyclic) bond motifs is 1. The Hall–Kier alpha value is -1.72. The van der Waals surface area contributed by atoms with Crippen molar-refractivity contribution in [2.45, 2.75) is 25.8 Å². The maximum atomic E-state index is 11.9. The monoisotopic (exact) mass is 261 g/mol. The van der Waals surface area contributed by atoms with Gasteiger partial charge >= 0.3 is 0 Å². The summed E-state index contributed by atoms with van der Waals surface area (Å²) in [6, 6.07) is 5.12. The predicted molar refractivity (Wildman–Crippen MR) is 73.9 cm³/mol. The maximum Gasteiger partial charge on any atom is 0.250 e. The van der Waals surface area contributed by atoms with Crippen LogP contribution in [0.25, 0.3) is 0 Å². The van der Waals surface area contributed by atoms with Crippen LogP contribution in [0, 0.1) is 0 Å². The van der Waals surface area contributed by atoms with Gasteiger partial charge < -0.3 is 11.1 Å². The van der Waals surface area contributed by atoms with Crippen molar-refractivity contribution in [2.24, 2.45) is 5.73 Å². The van der Waals surface area contributed by atoms with Crippen LogP contribution in [0.1, 0.15) is 18.1 Å². The molecule has 3 N–H and O–H groups in total. The number of carbonyl (C=O) groups is 2. The lowest BCUT2D eigenvalue weighted by Crippen LogP contribution is -2.43. The van der Waals surface area contributed by atoms with Crippen LogP contribution in [0.15, 0.2) is 18.2 Å². The van der Waals surface area contributed by atoms with E-state index in [1.165, 1.54) is 4.90 Å². The first-order valence-corrected chi connectivity index (χ1v) is 6.43. The molecule has 1 unspecified atom stereocenters. The second kappa shape index (κ2) is 5.50. The van der Waals surface area contributed by atoms with Crippen LogP contribution in [0.3, 0.4) is 0 Å². The van der Waals surface area contributed by atoms with Gasteiger partial charge in [0, 0.05) is 0 Å². The number of imide groups is 1. The number of anilines is 1.